The molecule has 0 aliphatic carbocycles. The van der Waals surface area contributed by atoms with Crippen molar-refractivity contribution in [3.05, 3.63) is 54.6 Å². The first kappa shape index (κ1) is 20.9. The highest BCUT2D eigenvalue weighted by Gasteiger charge is 2.30. The number of ether oxygens (including phenoxy) is 1. The molecule has 2 amide bonds. The molecule has 0 spiro atoms. The largest absolute Gasteiger partial charge is 0.573 e. The van der Waals surface area contributed by atoms with Gasteiger partial charge in [-0.3, -0.25) is 0 Å². The minimum atomic E-state index is -4.76. The molecule has 3 N–H and O–H groups in total. The van der Waals surface area contributed by atoms with Gasteiger partial charge in [0.1, 0.15) is 17.4 Å². The summed E-state index contributed by atoms with van der Waals surface area (Å²) in [5, 5.41) is 12.3. The SMILES string of the molecule is Cc1nc(NCCNC(=O)Nc2ccc(OC(F)(F)F)cc2)cc(-n2cccn2)n1. The number of amides is 2. The minimum Gasteiger partial charge on any atom is -0.406 e. The van der Waals surface area contributed by atoms with Gasteiger partial charge in [0, 0.05) is 37.2 Å². The summed E-state index contributed by atoms with van der Waals surface area (Å²) in [6.07, 6.45) is -1.36. The molecule has 3 aromatic rings. The van der Waals surface area contributed by atoms with Crippen LogP contribution in [0.4, 0.5) is 29.5 Å². The van der Waals surface area contributed by atoms with Crippen LogP contribution in [0.3, 0.4) is 0 Å². The zero-order valence-corrected chi connectivity index (χ0v) is 15.8. The minimum absolute atomic E-state index is 0.279. The van der Waals surface area contributed by atoms with E-state index < -0.39 is 12.4 Å². The summed E-state index contributed by atoms with van der Waals surface area (Å²) in [4.78, 5) is 20.5. The number of benzene rings is 1. The predicted molar refractivity (Wildman–Crippen MR) is 103 cm³/mol. The molecule has 0 fully saturated rings. The quantitative estimate of drug-likeness (QED) is 0.506. The van der Waals surface area contributed by atoms with Crippen LogP contribution in [0.15, 0.2) is 48.8 Å². The van der Waals surface area contributed by atoms with Gasteiger partial charge in [0.15, 0.2) is 5.82 Å². The molecule has 0 saturated carbocycles. The van der Waals surface area contributed by atoms with Crippen molar-refractivity contribution in [2.45, 2.75) is 13.3 Å². The van der Waals surface area contributed by atoms with Gasteiger partial charge in [0.25, 0.3) is 0 Å². The van der Waals surface area contributed by atoms with E-state index in [0.717, 1.165) is 12.1 Å². The molecule has 2 heterocycles. The standard InChI is InChI=1S/C18H18F3N7O2/c1-12-25-15(11-16(26-12)28-10-2-7-24-28)22-8-9-23-17(29)27-13-3-5-14(6-4-13)30-18(19,20)21/h2-7,10-11H,8-9H2,1H3,(H,22,25,26)(H2,23,27,29). The van der Waals surface area contributed by atoms with E-state index in [0.29, 0.717) is 29.7 Å². The lowest BCUT2D eigenvalue weighted by Crippen LogP contribution is -2.32. The number of carbonyl (C=O) groups excluding carboxylic acids is 1. The van der Waals surface area contributed by atoms with E-state index in [1.807, 2.05) is 0 Å². The Bertz CT molecular complexity index is 976. The molecule has 2 aromatic heterocycles. The normalized spacial score (nSPS) is 11.1. The summed E-state index contributed by atoms with van der Waals surface area (Å²) in [6.45, 7) is 2.43. The van der Waals surface area contributed by atoms with E-state index in [2.05, 4.69) is 35.8 Å². The highest BCUT2D eigenvalue weighted by Crippen LogP contribution is 2.23. The number of anilines is 2. The molecule has 0 unspecified atom stereocenters. The van der Waals surface area contributed by atoms with Crippen LogP contribution in [0.25, 0.3) is 5.82 Å². The van der Waals surface area contributed by atoms with E-state index in [1.54, 1.807) is 36.1 Å². The number of nitrogens with zero attached hydrogens (tertiary/aromatic N) is 4. The van der Waals surface area contributed by atoms with E-state index in [-0.39, 0.29) is 12.3 Å². The van der Waals surface area contributed by atoms with Crippen molar-refractivity contribution in [3.8, 4) is 11.6 Å². The Morgan fingerprint density at radius 1 is 1.17 bits per heavy atom. The number of halogens is 3. The van der Waals surface area contributed by atoms with Gasteiger partial charge in [-0.05, 0) is 37.3 Å². The van der Waals surface area contributed by atoms with Crippen molar-refractivity contribution in [1.29, 1.82) is 0 Å². The summed E-state index contributed by atoms with van der Waals surface area (Å²) in [5.41, 5.74) is 0.324. The lowest BCUT2D eigenvalue weighted by atomic mass is 10.3. The van der Waals surface area contributed by atoms with Gasteiger partial charge < -0.3 is 20.7 Å². The first-order valence-electron chi connectivity index (χ1n) is 8.79. The number of hydrogen-bond donors (Lipinski definition) is 3. The molecule has 12 heteroatoms. The molecule has 0 radical (unpaired) electrons. The zero-order valence-electron chi connectivity index (χ0n) is 15.8. The number of rotatable bonds is 7. The molecule has 0 saturated heterocycles. The number of aryl methyl sites for hydroxylation is 1. The summed E-state index contributed by atoms with van der Waals surface area (Å²) in [5.74, 6) is 1.38. The summed E-state index contributed by atoms with van der Waals surface area (Å²) in [7, 11) is 0. The highest BCUT2D eigenvalue weighted by atomic mass is 19.4. The zero-order chi connectivity index (χ0) is 21.6. The molecule has 0 aliphatic rings. The van der Waals surface area contributed by atoms with E-state index in [1.165, 1.54) is 12.1 Å². The van der Waals surface area contributed by atoms with E-state index in [9.17, 15) is 18.0 Å². The molecule has 1 aromatic carbocycles. The molecule has 0 aliphatic heterocycles. The summed E-state index contributed by atoms with van der Waals surface area (Å²) in [6, 6.07) is 7.84. The van der Waals surface area contributed by atoms with Crippen LogP contribution < -0.4 is 20.7 Å². The Morgan fingerprint density at radius 2 is 1.93 bits per heavy atom. The molecule has 0 atom stereocenters. The van der Waals surface area contributed by atoms with E-state index in [4.69, 9.17) is 0 Å². The third kappa shape index (κ3) is 6.36. The number of carbonyl (C=O) groups is 1. The first-order valence-corrected chi connectivity index (χ1v) is 8.79. The Balaban J connectivity index is 1.44. The molecular weight excluding hydrogens is 403 g/mol. The second-order valence-corrected chi connectivity index (χ2v) is 5.99. The van der Waals surface area contributed by atoms with E-state index >= 15 is 0 Å². The fraction of sp³-hybridized carbons (Fsp3) is 0.222. The van der Waals surface area contributed by atoms with Crippen LogP contribution in [-0.2, 0) is 0 Å². The Hall–Kier alpha value is -3.83. The fourth-order valence-corrected chi connectivity index (χ4v) is 2.45. The number of aromatic nitrogens is 4. The molecule has 3 rings (SSSR count). The van der Waals surface area contributed by atoms with Gasteiger partial charge in [-0.15, -0.1) is 13.2 Å². The number of alkyl halides is 3. The van der Waals surface area contributed by atoms with Crippen molar-refractivity contribution in [1.82, 2.24) is 25.1 Å². The number of urea groups is 1. The Kier molecular flexibility index (Phi) is 6.35. The predicted octanol–water partition coefficient (Wildman–Crippen LogP) is 3.10. The van der Waals surface area contributed by atoms with Crippen molar-refractivity contribution < 1.29 is 22.7 Å². The average molecular weight is 421 g/mol. The van der Waals surface area contributed by atoms with Crippen molar-refractivity contribution in [3.63, 3.8) is 0 Å². The summed E-state index contributed by atoms with van der Waals surface area (Å²) >= 11 is 0. The Labute approximate surface area is 169 Å². The molecule has 158 valence electrons. The molecular formula is C18H18F3N7O2. The number of nitrogens with one attached hydrogen (secondary N) is 3. The smallest absolute Gasteiger partial charge is 0.406 e. The lowest BCUT2D eigenvalue weighted by Gasteiger charge is -2.11. The molecule has 0 bridgehead atoms. The molecule has 30 heavy (non-hydrogen) atoms. The van der Waals surface area contributed by atoms with Gasteiger partial charge in [0.05, 0.1) is 0 Å². The maximum Gasteiger partial charge on any atom is 0.573 e. The van der Waals surface area contributed by atoms with Crippen molar-refractivity contribution >= 4 is 17.5 Å². The van der Waals surface area contributed by atoms with Crippen LogP contribution in [0.5, 0.6) is 5.75 Å². The fourth-order valence-electron chi connectivity index (χ4n) is 2.45. The average Bonchev–Trinajstić information content (AvgIpc) is 3.20. The van der Waals surface area contributed by atoms with Crippen LogP contribution in [0.2, 0.25) is 0 Å². The second-order valence-electron chi connectivity index (χ2n) is 5.99. The van der Waals surface area contributed by atoms with Crippen molar-refractivity contribution in [2.75, 3.05) is 23.7 Å². The van der Waals surface area contributed by atoms with Gasteiger partial charge >= 0.3 is 12.4 Å². The number of hydrogen-bond acceptors (Lipinski definition) is 6. The maximum absolute atomic E-state index is 12.1. The van der Waals surface area contributed by atoms with Crippen LogP contribution in [0.1, 0.15) is 5.82 Å². The van der Waals surface area contributed by atoms with Crippen LogP contribution in [0, 0.1) is 6.92 Å². The summed E-state index contributed by atoms with van der Waals surface area (Å²) < 4.78 is 41.8. The monoisotopic (exact) mass is 421 g/mol. The molecule has 9 nitrogen and oxygen atoms in total. The maximum atomic E-state index is 12.1. The first-order chi connectivity index (χ1) is 14.3. The Morgan fingerprint density at radius 3 is 2.60 bits per heavy atom. The van der Waals surface area contributed by atoms with Crippen LogP contribution in [-0.4, -0.2) is 45.2 Å². The van der Waals surface area contributed by atoms with Gasteiger partial charge in [-0.2, -0.15) is 5.10 Å². The lowest BCUT2D eigenvalue weighted by molar-refractivity contribution is -0.274. The van der Waals surface area contributed by atoms with Crippen molar-refractivity contribution in [2.24, 2.45) is 0 Å². The highest BCUT2D eigenvalue weighted by molar-refractivity contribution is 5.89. The third-order valence-corrected chi connectivity index (χ3v) is 3.63. The van der Waals surface area contributed by atoms with Crippen LogP contribution >= 0.6 is 0 Å². The van der Waals surface area contributed by atoms with Gasteiger partial charge in [-0.1, -0.05) is 0 Å². The van der Waals surface area contributed by atoms with Gasteiger partial charge in [-0.25, -0.2) is 19.4 Å². The second kappa shape index (κ2) is 9.11. The topological polar surface area (TPSA) is 106 Å². The van der Waals surface area contributed by atoms with Gasteiger partial charge in [0.2, 0.25) is 0 Å². The third-order valence-electron chi connectivity index (χ3n) is 3.63.